The zero-order valence-electron chi connectivity index (χ0n) is 10.7. The maximum Gasteiger partial charge on any atom is 0.129 e. The molecule has 0 N–H and O–H groups in total. The molecule has 3 rings (SSSR count). The van der Waals surface area contributed by atoms with Gasteiger partial charge in [-0.15, -0.1) is 11.6 Å². The van der Waals surface area contributed by atoms with Crippen molar-refractivity contribution in [2.75, 3.05) is 0 Å². The number of fused-ring (bicyclic) bond motifs is 1. The van der Waals surface area contributed by atoms with E-state index in [1.165, 1.54) is 12.1 Å². The van der Waals surface area contributed by atoms with Gasteiger partial charge in [0.25, 0.3) is 0 Å². The van der Waals surface area contributed by atoms with E-state index in [1.54, 1.807) is 6.07 Å². The summed E-state index contributed by atoms with van der Waals surface area (Å²) in [4.78, 5) is 4.53. The van der Waals surface area contributed by atoms with Crippen molar-refractivity contribution in [3.8, 4) is 5.69 Å². The van der Waals surface area contributed by atoms with E-state index in [0.29, 0.717) is 11.5 Å². The largest absolute Gasteiger partial charge is 0.294 e. The Labute approximate surface area is 129 Å². The average molecular weight is 354 g/mol. The van der Waals surface area contributed by atoms with Gasteiger partial charge in [-0.3, -0.25) is 4.57 Å². The molecule has 0 spiro atoms. The van der Waals surface area contributed by atoms with E-state index in [-0.39, 0.29) is 11.7 Å². The third-order valence-corrected chi connectivity index (χ3v) is 4.06. The lowest BCUT2D eigenvalue weighted by Gasteiger charge is -2.10. The van der Waals surface area contributed by atoms with Gasteiger partial charge in [0.2, 0.25) is 0 Å². The predicted octanol–water partition coefficient (Wildman–Crippen LogP) is 4.97. The smallest absolute Gasteiger partial charge is 0.129 e. The predicted molar refractivity (Wildman–Crippen MR) is 83.0 cm³/mol. The molecule has 0 atom stereocenters. The van der Waals surface area contributed by atoms with Crippen LogP contribution in [0, 0.1) is 12.7 Å². The van der Waals surface area contributed by atoms with Crippen LogP contribution in [0.5, 0.6) is 0 Å². The van der Waals surface area contributed by atoms with Crippen molar-refractivity contribution < 1.29 is 4.39 Å². The summed E-state index contributed by atoms with van der Waals surface area (Å²) in [6, 6.07) is 10.5. The number of nitrogens with zero attached hydrogens (tertiary/aromatic N) is 2. The van der Waals surface area contributed by atoms with Crippen molar-refractivity contribution in [2.45, 2.75) is 12.8 Å². The van der Waals surface area contributed by atoms with E-state index in [2.05, 4.69) is 20.9 Å². The summed E-state index contributed by atoms with van der Waals surface area (Å²) in [5.41, 5.74) is 3.60. The number of alkyl halides is 1. The molecular weight excluding hydrogens is 343 g/mol. The topological polar surface area (TPSA) is 17.8 Å². The lowest BCUT2D eigenvalue weighted by atomic mass is 10.2. The van der Waals surface area contributed by atoms with Crippen molar-refractivity contribution in [1.29, 1.82) is 0 Å². The van der Waals surface area contributed by atoms with Gasteiger partial charge in [0.05, 0.1) is 22.6 Å². The van der Waals surface area contributed by atoms with Gasteiger partial charge in [0.15, 0.2) is 0 Å². The summed E-state index contributed by atoms with van der Waals surface area (Å²) in [7, 11) is 0. The number of benzene rings is 2. The van der Waals surface area contributed by atoms with Gasteiger partial charge >= 0.3 is 0 Å². The molecule has 0 saturated heterocycles. The Morgan fingerprint density at radius 3 is 2.80 bits per heavy atom. The van der Waals surface area contributed by atoms with Crippen molar-refractivity contribution in [3.63, 3.8) is 0 Å². The summed E-state index contributed by atoms with van der Waals surface area (Å²) in [6.45, 7) is 2.01. The fourth-order valence-electron chi connectivity index (χ4n) is 2.26. The van der Waals surface area contributed by atoms with Crippen LogP contribution in [0.3, 0.4) is 0 Å². The molecule has 0 unspecified atom stereocenters. The molecule has 5 heteroatoms. The van der Waals surface area contributed by atoms with Gasteiger partial charge in [0, 0.05) is 4.47 Å². The first-order chi connectivity index (χ1) is 9.60. The van der Waals surface area contributed by atoms with Crippen LogP contribution in [0.25, 0.3) is 16.7 Å². The number of rotatable bonds is 2. The molecule has 0 radical (unpaired) electrons. The highest BCUT2D eigenvalue weighted by Crippen LogP contribution is 2.29. The highest BCUT2D eigenvalue weighted by Gasteiger charge is 2.14. The molecule has 2 nitrogen and oxygen atoms in total. The Balaban J connectivity index is 2.37. The van der Waals surface area contributed by atoms with E-state index >= 15 is 0 Å². The van der Waals surface area contributed by atoms with Crippen LogP contribution in [0.4, 0.5) is 4.39 Å². The molecule has 0 fully saturated rings. The van der Waals surface area contributed by atoms with Crippen LogP contribution in [0.1, 0.15) is 11.4 Å². The second-order valence-corrected chi connectivity index (χ2v) is 5.71. The summed E-state index contributed by atoms with van der Waals surface area (Å²) in [5, 5.41) is 0. The number of hydrogen-bond donors (Lipinski definition) is 0. The van der Waals surface area contributed by atoms with Crippen molar-refractivity contribution in [2.24, 2.45) is 0 Å². The first-order valence-electron chi connectivity index (χ1n) is 6.09. The Kier molecular flexibility index (Phi) is 3.52. The van der Waals surface area contributed by atoms with Crippen LogP contribution in [-0.4, -0.2) is 9.55 Å². The molecule has 3 aromatic rings. The zero-order valence-corrected chi connectivity index (χ0v) is 13.0. The number of aryl methyl sites for hydroxylation is 1. The lowest BCUT2D eigenvalue weighted by molar-refractivity contribution is 0.626. The van der Waals surface area contributed by atoms with Gasteiger partial charge in [-0.25, -0.2) is 9.37 Å². The highest BCUT2D eigenvalue weighted by atomic mass is 79.9. The van der Waals surface area contributed by atoms with Crippen LogP contribution in [0.15, 0.2) is 40.9 Å². The van der Waals surface area contributed by atoms with E-state index in [9.17, 15) is 4.39 Å². The minimum Gasteiger partial charge on any atom is -0.294 e. The van der Waals surface area contributed by atoms with Crippen molar-refractivity contribution in [1.82, 2.24) is 9.55 Å². The zero-order chi connectivity index (χ0) is 14.3. The quantitative estimate of drug-likeness (QED) is 0.594. The minimum atomic E-state index is -0.294. The lowest BCUT2D eigenvalue weighted by Crippen LogP contribution is -2.01. The summed E-state index contributed by atoms with van der Waals surface area (Å²) >= 11 is 9.45. The molecule has 20 heavy (non-hydrogen) atoms. The fraction of sp³-hybridized carbons (Fsp3) is 0.133. The van der Waals surface area contributed by atoms with Gasteiger partial charge < -0.3 is 0 Å². The third-order valence-electron chi connectivity index (χ3n) is 3.15. The molecular formula is C15H11BrClFN2. The molecule has 0 bridgehead atoms. The highest BCUT2D eigenvalue weighted by molar-refractivity contribution is 9.10. The first-order valence-corrected chi connectivity index (χ1v) is 7.42. The third kappa shape index (κ3) is 2.23. The molecule has 1 heterocycles. The summed E-state index contributed by atoms with van der Waals surface area (Å²) in [5.74, 6) is 0.660. The maximum atomic E-state index is 13.6. The molecule has 0 saturated carbocycles. The molecule has 102 valence electrons. The molecule has 0 aliphatic rings. The van der Waals surface area contributed by atoms with Crippen molar-refractivity contribution in [3.05, 3.63) is 58.1 Å². The Morgan fingerprint density at radius 2 is 2.05 bits per heavy atom. The molecule has 1 aromatic heterocycles. The van der Waals surface area contributed by atoms with E-state index in [0.717, 1.165) is 21.1 Å². The molecule has 0 aliphatic carbocycles. The number of imidazole rings is 1. The Bertz CT molecular complexity index is 798. The van der Waals surface area contributed by atoms with Crippen LogP contribution < -0.4 is 0 Å². The molecule has 0 amide bonds. The summed E-state index contributed by atoms with van der Waals surface area (Å²) < 4.78 is 16.2. The first kappa shape index (κ1) is 13.6. The molecule has 2 aromatic carbocycles. The number of hydrogen-bond acceptors (Lipinski definition) is 1. The second kappa shape index (κ2) is 5.19. The van der Waals surface area contributed by atoms with Gasteiger partial charge in [0.1, 0.15) is 11.6 Å². The number of aromatic nitrogens is 2. The summed E-state index contributed by atoms with van der Waals surface area (Å²) in [6.07, 6.45) is 0. The van der Waals surface area contributed by atoms with Gasteiger partial charge in [-0.2, -0.15) is 0 Å². The van der Waals surface area contributed by atoms with E-state index in [4.69, 9.17) is 11.6 Å². The van der Waals surface area contributed by atoms with Gasteiger partial charge in [-0.05, 0) is 58.7 Å². The fourth-order valence-corrected chi connectivity index (χ4v) is 2.86. The Morgan fingerprint density at radius 1 is 1.25 bits per heavy atom. The van der Waals surface area contributed by atoms with Crippen LogP contribution in [0.2, 0.25) is 0 Å². The van der Waals surface area contributed by atoms with Crippen LogP contribution >= 0.6 is 27.5 Å². The standard InChI is InChI=1S/C15H11BrClFN2/c1-9-2-5-13-12(6-9)19-15(8-17)20(13)14-7-10(18)3-4-11(14)16/h2-7H,8H2,1H3. The second-order valence-electron chi connectivity index (χ2n) is 4.58. The van der Waals surface area contributed by atoms with E-state index in [1.807, 2.05) is 29.7 Å². The van der Waals surface area contributed by atoms with Crippen LogP contribution in [-0.2, 0) is 5.88 Å². The Hall–Kier alpha value is -1.39. The van der Waals surface area contributed by atoms with E-state index < -0.39 is 0 Å². The maximum absolute atomic E-state index is 13.6. The van der Waals surface area contributed by atoms with Gasteiger partial charge in [-0.1, -0.05) is 6.07 Å². The average Bonchev–Trinajstić information content (AvgIpc) is 2.78. The number of halogens is 3. The molecule has 0 aliphatic heterocycles. The monoisotopic (exact) mass is 352 g/mol. The minimum absolute atomic E-state index is 0.261. The normalized spacial score (nSPS) is 11.2. The van der Waals surface area contributed by atoms with Crippen molar-refractivity contribution >= 4 is 38.6 Å². The SMILES string of the molecule is Cc1ccc2c(c1)nc(CCl)n2-c1cc(F)ccc1Br.